The van der Waals surface area contributed by atoms with Gasteiger partial charge in [-0.05, 0) is 44.9 Å². The highest BCUT2D eigenvalue weighted by Crippen LogP contribution is 2.34. The predicted molar refractivity (Wildman–Crippen MR) is 74.7 cm³/mol. The van der Waals surface area contributed by atoms with Crippen LogP contribution in [0.25, 0.3) is 0 Å². The largest absolute Gasteiger partial charge is 0.444 e. The Labute approximate surface area is 113 Å². The van der Waals surface area contributed by atoms with Gasteiger partial charge in [-0.2, -0.15) is 0 Å². The number of hydrogen-bond acceptors (Lipinski definition) is 3. The van der Waals surface area contributed by atoms with E-state index in [0.29, 0.717) is 0 Å². The molecule has 0 spiro atoms. The molecule has 0 aromatic heterocycles. The summed E-state index contributed by atoms with van der Waals surface area (Å²) in [6.45, 7) is 7.94. The summed E-state index contributed by atoms with van der Waals surface area (Å²) in [5.41, 5.74) is 4.53. The molecule has 0 bridgehead atoms. The van der Waals surface area contributed by atoms with Crippen LogP contribution < -0.4 is 10.2 Å². The molecule has 2 atom stereocenters. The number of hydrogen-bond donors (Lipinski definition) is 1. The molecular formula is C15H20N2O2. The van der Waals surface area contributed by atoms with Crippen molar-refractivity contribution >= 4 is 11.8 Å². The molecule has 1 aromatic carbocycles. The van der Waals surface area contributed by atoms with Gasteiger partial charge in [0.1, 0.15) is 6.10 Å². The molecule has 0 radical (unpaired) electrons. The van der Waals surface area contributed by atoms with Gasteiger partial charge >= 0.3 is 6.09 Å². The Hall–Kier alpha value is -1.55. The Morgan fingerprint density at radius 1 is 1.26 bits per heavy atom. The van der Waals surface area contributed by atoms with Crippen molar-refractivity contribution in [1.82, 2.24) is 5.32 Å². The average Bonchev–Trinajstić information content (AvgIpc) is 2.65. The highest BCUT2D eigenvalue weighted by atomic mass is 16.6. The van der Waals surface area contributed by atoms with Crippen LogP contribution in [0.2, 0.25) is 0 Å². The zero-order valence-corrected chi connectivity index (χ0v) is 11.7. The quantitative estimate of drug-likeness (QED) is 0.842. The minimum atomic E-state index is -0.200. The highest BCUT2D eigenvalue weighted by molar-refractivity contribution is 5.92. The van der Waals surface area contributed by atoms with E-state index in [1.165, 1.54) is 5.56 Å². The van der Waals surface area contributed by atoms with Crippen LogP contribution in [-0.2, 0) is 4.74 Å². The first-order valence-electron chi connectivity index (χ1n) is 6.86. The molecule has 1 N–H and O–H groups in total. The summed E-state index contributed by atoms with van der Waals surface area (Å²) in [5, 5.41) is 3.35. The van der Waals surface area contributed by atoms with Crippen molar-refractivity contribution in [3.8, 4) is 0 Å². The molecule has 2 saturated heterocycles. The Morgan fingerprint density at radius 3 is 2.63 bits per heavy atom. The lowest BCUT2D eigenvalue weighted by molar-refractivity contribution is 0.117. The number of fused-ring (bicyclic) bond motifs is 1. The number of piperidine rings is 1. The maximum atomic E-state index is 12.2. The summed E-state index contributed by atoms with van der Waals surface area (Å²) in [7, 11) is 0. The normalized spacial score (nSPS) is 26.3. The lowest BCUT2D eigenvalue weighted by atomic mass is 9.99. The van der Waals surface area contributed by atoms with Crippen LogP contribution in [-0.4, -0.2) is 31.3 Å². The van der Waals surface area contributed by atoms with E-state index in [-0.39, 0.29) is 18.2 Å². The summed E-state index contributed by atoms with van der Waals surface area (Å²) < 4.78 is 5.52. The summed E-state index contributed by atoms with van der Waals surface area (Å²) in [5.74, 6) is 0. The monoisotopic (exact) mass is 260 g/mol. The molecule has 4 heteroatoms. The smallest absolute Gasteiger partial charge is 0.415 e. The molecule has 19 heavy (non-hydrogen) atoms. The Kier molecular flexibility index (Phi) is 2.97. The SMILES string of the molecule is Cc1cc(C)c(N2C(=O)OC3CCNCC32)c(C)c1. The predicted octanol–water partition coefficient (Wildman–Crippen LogP) is 2.30. The Bertz CT molecular complexity index is 504. The fourth-order valence-corrected chi connectivity index (χ4v) is 3.34. The second kappa shape index (κ2) is 4.53. The van der Waals surface area contributed by atoms with E-state index >= 15 is 0 Å². The number of benzene rings is 1. The van der Waals surface area contributed by atoms with E-state index in [1.54, 1.807) is 0 Å². The molecule has 2 heterocycles. The van der Waals surface area contributed by atoms with E-state index in [1.807, 2.05) is 4.90 Å². The number of amides is 1. The van der Waals surface area contributed by atoms with E-state index in [0.717, 1.165) is 36.3 Å². The van der Waals surface area contributed by atoms with Gasteiger partial charge in [-0.1, -0.05) is 17.7 Å². The highest BCUT2D eigenvalue weighted by Gasteiger charge is 2.44. The fourth-order valence-electron chi connectivity index (χ4n) is 3.34. The average molecular weight is 260 g/mol. The molecule has 0 aliphatic carbocycles. The zero-order valence-electron chi connectivity index (χ0n) is 11.7. The minimum Gasteiger partial charge on any atom is -0.444 e. The van der Waals surface area contributed by atoms with Crippen LogP contribution in [0.4, 0.5) is 10.5 Å². The molecule has 0 saturated carbocycles. The molecular weight excluding hydrogens is 240 g/mol. The molecule has 1 aromatic rings. The minimum absolute atomic E-state index is 0.0360. The summed E-state index contributed by atoms with van der Waals surface area (Å²) in [6, 6.07) is 4.37. The maximum Gasteiger partial charge on any atom is 0.415 e. The number of nitrogens with zero attached hydrogens (tertiary/aromatic N) is 1. The van der Waals surface area contributed by atoms with Gasteiger partial charge in [0.25, 0.3) is 0 Å². The first-order chi connectivity index (χ1) is 9.08. The van der Waals surface area contributed by atoms with Crippen molar-refractivity contribution in [3.63, 3.8) is 0 Å². The number of anilines is 1. The molecule has 2 aliphatic heterocycles. The lowest BCUT2D eigenvalue weighted by Crippen LogP contribution is -2.49. The van der Waals surface area contributed by atoms with Gasteiger partial charge in [0.2, 0.25) is 0 Å². The molecule has 2 fully saturated rings. The number of aryl methyl sites for hydroxylation is 3. The van der Waals surface area contributed by atoms with E-state index in [9.17, 15) is 4.79 Å². The third-order valence-electron chi connectivity index (χ3n) is 4.05. The van der Waals surface area contributed by atoms with Gasteiger partial charge in [0.05, 0.1) is 11.7 Å². The van der Waals surface area contributed by atoms with E-state index in [4.69, 9.17) is 4.74 Å². The van der Waals surface area contributed by atoms with E-state index < -0.39 is 0 Å². The van der Waals surface area contributed by atoms with Crippen LogP contribution in [0.5, 0.6) is 0 Å². The molecule has 3 rings (SSSR count). The Morgan fingerprint density at radius 2 is 1.95 bits per heavy atom. The third kappa shape index (κ3) is 2.00. The third-order valence-corrected chi connectivity index (χ3v) is 4.05. The topological polar surface area (TPSA) is 41.6 Å². The van der Waals surface area contributed by atoms with Crippen molar-refractivity contribution in [1.29, 1.82) is 0 Å². The van der Waals surface area contributed by atoms with Gasteiger partial charge in [0, 0.05) is 6.54 Å². The van der Waals surface area contributed by atoms with Gasteiger partial charge in [-0.15, -0.1) is 0 Å². The second-order valence-corrected chi connectivity index (χ2v) is 5.60. The van der Waals surface area contributed by atoms with E-state index in [2.05, 4.69) is 38.2 Å². The molecule has 2 unspecified atom stereocenters. The number of rotatable bonds is 1. The second-order valence-electron chi connectivity index (χ2n) is 5.60. The van der Waals surface area contributed by atoms with Crippen molar-refractivity contribution in [2.24, 2.45) is 0 Å². The first kappa shape index (κ1) is 12.5. The fraction of sp³-hybridized carbons (Fsp3) is 0.533. The van der Waals surface area contributed by atoms with Crippen LogP contribution in [0.1, 0.15) is 23.1 Å². The molecule has 4 nitrogen and oxygen atoms in total. The van der Waals surface area contributed by atoms with Crippen LogP contribution in [0.3, 0.4) is 0 Å². The maximum absolute atomic E-state index is 12.2. The van der Waals surface area contributed by atoms with Crippen LogP contribution in [0.15, 0.2) is 12.1 Å². The van der Waals surface area contributed by atoms with Gasteiger partial charge in [-0.3, -0.25) is 4.90 Å². The number of ether oxygens (including phenoxy) is 1. The number of carbonyl (C=O) groups is 1. The van der Waals surface area contributed by atoms with Gasteiger partial charge < -0.3 is 10.1 Å². The summed E-state index contributed by atoms with van der Waals surface area (Å²) in [4.78, 5) is 14.1. The van der Waals surface area contributed by atoms with Gasteiger partial charge in [0.15, 0.2) is 0 Å². The van der Waals surface area contributed by atoms with Crippen molar-refractivity contribution < 1.29 is 9.53 Å². The van der Waals surface area contributed by atoms with Crippen LogP contribution >= 0.6 is 0 Å². The van der Waals surface area contributed by atoms with Crippen LogP contribution in [0, 0.1) is 20.8 Å². The lowest BCUT2D eigenvalue weighted by Gasteiger charge is -2.30. The molecule has 102 valence electrons. The van der Waals surface area contributed by atoms with Crippen molar-refractivity contribution in [3.05, 3.63) is 28.8 Å². The Balaban J connectivity index is 2.03. The van der Waals surface area contributed by atoms with Gasteiger partial charge in [-0.25, -0.2) is 4.79 Å². The number of nitrogens with one attached hydrogen (secondary N) is 1. The van der Waals surface area contributed by atoms with Crippen molar-refractivity contribution in [2.75, 3.05) is 18.0 Å². The first-order valence-corrected chi connectivity index (χ1v) is 6.86. The standard InChI is InChI=1S/C15H20N2O2/c1-9-6-10(2)14(11(3)7-9)17-12-8-16-5-4-13(12)19-15(17)18/h6-7,12-13,16H,4-5,8H2,1-3H3. The summed E-state index contributed by atoms with van der Waals surface area (Å²) >= 11 is 0. The number of carbonyl (C=O) groups excluding carboxylic acids is 1. The van der Waals surface area contributed by atoms with Crippen molar-refractivity contribution in [2.45, 2.75) is 39.3 Å². The molecule has 2 aliphatic rings. The summed E-state index contributed by atoms with van der Waals surface area (Å²) in [6.07, 6.45) is 0.735. The zero-order chi connectivity index (χ0) is 13.6. The molecule has 1 amide bonds.